The zero-order valence-corrected chi connectivity index (χ0v) is 8.79. The first-order valence-electron chi connectivity index (χ1n) is 4.54. The first-order chi connectivity index (χ1) is 7.16. The molecule has 0 atom stereocenters. The molecule has 0 spiro atoms. The highest BCUT2D eigenvalue weighted by molar-refractivity contribution is 8.00. The Kier molecular flexibility index (Phi) is 2.83. The minimum absolute atomic E-state index is 0.270. The molecule has 80 valence electrons. The Balaban J connectivity index is 2.23. The molecule has 2 rings (SSSR count). The molecule has 1 fully saturated rings. The number of nitrogens with two attached hydrogens (primary N) is 1. The van der Waals surface area contributed by atoms with Gasteiger partial charge in [-0.05, 0) is 18.2 Å². The van der Waals surface area contributed by atoms with Crippen molar-refractivity contribution in [3.63, 3.8) is 0 Å². The maximum absolute atomic E-state index is 11.0. The summed E-state index contributed by atoms with van der Waals surface area (Å²) in [5.74, 6) is -0.940. The summed E-state index contributed by atoms with van der Waals surface area (Å²) in [6.45, 7) is 1.38. The fourth-order valence-corrected chi connectivity index (χ4v) is 2.39. The zero-order chi connectivity index (χ0) is 10.8. The molecule has 1 saturated heterocycles. The number of thioether (sulfide) groups is 1. The second kappa shape index (κ2) is 4.12. The van der Waals surface area contributed by atoms with Crippen molar-refractivity contribution in [2.45, 2.75) is 10.1 Å². The van der Waals surface area contributed by atoms with Crippen molar-refractivity contribution < 1.29 is 14.6 Å². The van der Waals surface area contributed by atoms with E-state index in [2.05, 4.69) is 0 Å². The first-order valence-corrected chi connectivity index (χ1v) is 5.42. The van der Waals surface area contributed by atoms with Gasteiger partial charge in [0.2, 0.25) is 0 Å². The average Bonchev–Trinajstić information content (AvgIpc) is 2.12. The third-order valence-corrected chi connectivity index (χ3v) is 3.35. The van der Waals surface area contributed by atoms with Crippen molar-refractivity contribution in [1.82, 2.24) is 0 Å². The number of carboxylic acids is 1. The summed E-state index contributed by atoms with van der Waals surface area (Å²) in [4.78, 5) is 11.7. The van der Waals surface area contributed by atoms with E-state index in [1.54, 1.807) is 12.1 Å². The van der Waals surface area contributed by atoms with Gasteiger partial charge in [-0.2, -0.15) is 0 Å². The summed E-state index contributed by atoms with van der Waals surface area (Å²) in [5.41, 5.74) is 6.29. The topological polar surface area (TPSA) is 72.5 Å². The van der Waals surface area contributed by atoms with Crippen LogP contribution in [0.4, 0.5) is 5.69 Å². The molecule has 0 amide bonds. The fraction of sp³-hybridized carbons (Fsp3) is 0.300. The number of benzene rings is 1. The van der Waals surface area contributed by atoms with E-state index in [1.807, 2.05) is 0 Å². The summed E-state index contributed by atoms with van der Waals surface area (Å²) < 4.78 is 5.04. The zero-order valence-electron chi connectivity index (χ0n) is 7.97. The molecule has 0 saturated carbocycles. The molecule has 3 N–H and O–H groups in total. The molecule has 0 bridgehead atoms. The third kappa shape index (κ3) is 2.24. The molecule has 1 aromatic rings. The van der Waals surface area contributed by atoms with Crippen LogP contribution in [-0.4, -0.2) is 29.5 Å². The van der Waals surface area contributed by atoms with Crippen LogP contribution >= 0.6 is 11.8 Å². The predicted octanol–water partition coefficient (Wildman–Crippen LogP) is 1.46. The molecule has 0 aliphatic carbocycles. The maximum Gasteiger partial charge on any atom is 0.336 e. The van der Waals surface area contributed by atoms with Crippen molar-refractivity contribution in [2.75, 3.05) is 18.9 Å². The third-order valence-electron chi connectivity index (χ3n) is 2.14. The summed E-state index contributed by atoms with van der Waals surface area (Å²) in [5, 5.41) is 9.36. The largest absolute Gasteiger partial charge is 0.478 e. The summed E-state index contributed by atoms with van der Waals surface area (Å²) in [7, 11) is 0. The highest BCUT2D eigenvalue weighted by Gasteiger charge is 2.22. The van der Waals surface area contributed by atoms with Gasteiger partial charge in [-0.1, -0.05) is 0 Å². The Hall–Kier alpha value is -1.20. The van der Waals surface area contributed by atoms with Crippen LogP contribution in [0.25, 0.3) is 0 Å². The minimum Gasteiger partial charge on any atom is -0.478 e. The number of nitrogen functional groups attached to an aromatic ring is 1. The van der Waals surface area contributed by atoms with Crippen LogP contribution in [0.1, 0.15) is 10.4 Å². The lowest BCUT2D eigenvalue weighted by Crippen LogP contribution is -2.30. The number of carboxylic acid groups (broad SMARTS) is 1. The smallest absolute Gasteiger partial charge is 0.336 e. The molecule has 0 aromatic heterocycles. The number of rotatable bonds is 3. The van der Waals surface area contributed by atoms with E-state index in [0.717, 1.165) is 4.90 Å². The maximum atomic E-state index is 11.0. The second-order valence-corrected chi connectivity index (χ2v) is 4.68. The van der Waals surface area contributed by atoms with Gasteiger partial charge in [-0.15, -0.1) is 11.8 Å². The van der Waals surface area contributed by atoms with Crippen LogP contribution in [-0.2, 0) is 4.74 Å². The standard InChI is InChI=1S/C10H11NO3S/c11-6-1-2-9(8(3-6)10(12)13)15-7-4-14-5-7/h1-3,7H,4-5,11H2,(H,12,13). The van der Waals surface area contributed by atoms with Crippen molar-refractivity contribution >= 4 is 23.4 Å². The van der Waals surface area contributed by atoms with Gasteiger partial charge in [0.25, 0.3) is 0 Å². The average molecular weight is 225 g/mol. The molecule has 4 nitrogen and oxygen atoms in total. The van der Waals surface area contributed by atoms with Gasteiger partial charge in [-0.3, -0.25) is 0 Å². The van der Waals surface area contributed by atoms with Crippen molar-refractivity contribution in [3.8, 4) is 0 Å². The molecule has 0 unspecified atom stereocenters. The van der Waals surface area contributed by atoms with Gasteiger partial charge in [0.05, 0.1) is 24.0 Å². The number of anilines is 1. The van der Waals surface area contributed by atoms with Gasteiger partial charge in [0.15, 0.2) is 0 Å². The predicted molar refractivity (Wildman–Crippen MR) is 58.3 cm³/mol. The summed E-state index contributed by atoms with van der Waals surface area (Å²) in [6.07, 6.45) is 0. The van der Waals surface area contributed by atoms with E-state index in [1.165, 1.54) is 17.8 Å². The summed E-state index contributed by atoms with van der Waals surface area (Å²) >= 11 is 1.53. The number of hydrogen-bond donors (Lipinski definition) is 2. The van der Waals surface area contributed by atoms with E-state index in [-0.39, 0.29) is 5.56 Å². The monoisotopic (exact) mass is 225 g/mol. The number of aromatic carboxylic acids is 1. The number of carbonyl (C=O) groups is 1. The van der Waals surface area contributed by atoms with Crippen LogP contribution in [0.15, 0.2) is 23.1 Å². The quantitative estimate of drug-likeness (QED) is 0.762. The van der Waals surface area contributed by atoms with E-state index in [4.69, 9.17) is 15.6 Å². The number of ether oxygens (including phenoxy) is 1. The van der Waals surface area contributed by atoms with Crippen molar-refractivity contribution in [1.29, 1.82) is 0 Å². The molecular weight excluding hydrogens is 214 g/mol. The molecule has 5 heteroatoms. The Labute approximate surface area is 91.4 Å². The van der Waals surface area contributed by atoms with Gasteiger partial charge in [0, 0.05) is 10.6 Å². The molecule has 1 heterocycles. The highest BCUT2D eigenvalue weighted by Crippen LogP contribution is 2.31. The molecule has 1 aromatic carbocycles. The van der Waals surface area contributed by atoms with Gasteiger partial charge in [0.1, 0.15) is 0 Å². The lowest BCUT2D eigenvalue weighted by molar-refractivity contribution is 0.0454. The Morgan fingerprint density at radius 2 is 2.27 bits per heavy atom. The lowest BCUT2D eigenvalue weighted by Gasteiger charge is -2.25. The van der Waals surface area contributed by atoms with Gasteiger partial charge in [-0.25, -0.2) is 4.79 Å². The van der Waals surface area contributed by atoms with E-state index >= 15 is 0 Å². The number of hydrogen-bond acceptors (Lipinski definition) is 4. The Morgan fingerprint density at radius 1 is 1.53 bits per heavy atom. The first kappa shape index (κ1) is 10.3. The Morgan fingerprint density at radius 3 is 2.80 bits per heavy atom. The fourth-order valence-electron chi connectivity index (χ4n) is 1.28. The highest BCUT2D eigenvalue weighted by atomic mass is 32.2. The Bertz CT molecular complexity index is 390. The molecule has 1 aliphatic heterocycles. The van der Waals surface area contributed by atoms with Crippen LogP contribution in [0.5, 0.6) is 0 Å². The SMILES string of the molecule is Nc1ccc(SC2COC2)c(C(=O)O)c1. The molecule has 1 aliphatic rings. The van der Waals surface area contributed by atoms with Crippen LogP contribution in [0.3, 0.4) is 0 Å². The van der Waals surface area contributed by atoms with Crippen LogP contribution in [0.2, 0.25) is 0 Å². The molecule has 0 radical (unpaired) electrons. The summed E-state index contributed by atoms with van der Waals surface area (Å²) in [6, 6.07) is 4.96. The molecular formula is C10H11NO3S. The molecule has 15 heavy (non-hydrogen) atoms. The van der Waals surface area contributed by atoms with Crippen molar-refractivity contribution in [2.24, 2.45) is 0 Å². The van der Waals surface area contributed by atoms with Gasteiger partial charge < -0.3 is 15.6 Å². The normalized spacial score (nSPS) is 16.0. The minimum atomic E-state index is -0.940. The second-order valence-electron chi connectivity index (χ2n) is 3.34. The lowest BCUT2D eigenvalue weighted by atomic mass is 10.2. The van der Waals surface area contributed by atoms with Crippen LogP contribution in [0, 0.1) is 0 Å². The van der Waals surface area contributed by atoms with Gasteiger partial charge >= 0.3 is 5.97 Å². The van der Waals surface area contributed by atoms with E-state index in [9.17, 15) is 4.79 Å². The van der Waals surface area contributed by atoms with Crippen LogP contribution < -0.4 is 5.73 Å². The van der Waals surface area contributed by atoms with Crippen molar-refractivity contribution in [3.05, 3.63) is 23.8 Å². The van der Waals surface area contributed by atoms with E-state index < -0.39 is 5.97 Å². The van der Waals surface area contributed by atoms with E-state index in [0.29, 0.717) is 24.2 Å².